The third-order valence-electron chi connectivity index (χ3n) is 5.42. The van der Waals surface area contributed by atoms with Crippen molar-refractivity contribution >= 4 is 21.6 Å². The van der Waals surface area contributed by atoms with Gasteiger partial charge >= 0.3 is 12.4 Å². The molecule has 0 radical (unpaired) electrons. The monoisotopic (exact) mass is 499 g/mol. The number of ether oxygens (including phenoxy) is 1. The molecule has 2 aromatic rings. The lowest BCUT2D eigenvalue weighted by molar-refractivity contribution is -0.138. The number of pyridine rings is 1. The van der Waals surface area contributed by atoms with Crippen molar-refractivity contribution in [3.8, 4) is 0 Å². The van der Waals surface area contributed by atoms with Gasteiger partial charge in [0.25, 0.3) is 0 Å². The van der Waals surface area contributed by atoms with E-state index in [4.69, 9.17) is 4.74 Å². The summed E-state index contributed by atoms with van der Waals surface area (Å²) in [6, 6.07) is 4.42. The molecule has 2 unspecified atom stereocenters. The number of nitrogens with zero attached hydrogens (tertiary/aromatic N) is 1. The largest absolute Gasteiger partial charge is 0.417 e. The van der Waals surface area contributed by atoms with Crippen molar-refractivity contribution in [1.29, 1.82) is 0 Å². The number of hydrogen-bond acceptors (Lipinski definition) is 5. The number of thioether (sulfide) groups is 1. The van der Waals surface area contributed by atoms with Crippen LogP contribution >= 0.6 is 11.8 Å². The van der Waals surface area contributed by atoms with Gasteiger partial charge in [-0.3, -0.25) is 4.98 Å². The minimum absolute atomic E-state index is 0.0112. The number of alkyl halides is 6. The number of sulfone groups is 1. The second kappa shape index (κ2) is 8.53. The van der Waals surface area contributed by atoms with E-state index in [1.807, 2.05) is 0 Å². The zero-order valence-corrected chi connectivity index (χ0v) is 18.6. The summed E-state index contributed by atoms with van der Waals surface area (Å²) in [5.74, 6) is 0. The molecule has 1 aliphatic heterocycles. The molecular formula is C20H19F6NO3S2. The predicted octanol–water partition coefficient (Wildman–Crippen LogP) is 5.93. The number of benzene rings is 1. The van der Waals surface area contributed by atoms with Crippen molar-refractivity contribution in [2.24, 2.45) is 0 Å². The van der Waals surface area contributed by atoms with E-state index < -0.39 is 49.1 Å². The van der Waals surface area contributed by atoms with E-state index in [1.54, 1.807) is 6.26 Å². The van der Waals surface area contributed by atoms with Crippen LogP contribution in [0.3, 0.4) is 0 Å². The molecule has 0 spiro atoms. The van der Waals surface area contributed by atoms with Crippen molar-refractivity contribution in [2.75, 3.05) is 12.9 Å². The second-order valence-corrected chi connectivity index (χ2v) is 10.9. The lowest BCUT2D eigenvalue weighted by Crippen LogP contribution is -2.42. The van der Waals surface area contributed by atoms with Gasteiger partial charge in [0.05, 0.1) is 26.5 Å². The third-order valence-corrected chi connectivity index (χ3v) is 8.73. The molecule has 2 atom stereocenters. The third kappa shape index (κ3) is 4.76. The van der Waals surface area contributed by atoms with Crippen LogP contribution in [-0.2, 0) is 26.9 Å². The quantitative estimate of drug-likeness (QED) is 0.386. The van der Waals surface area contributed by atoms with Crippen molar-refractivity contribution < 1.29 is 39.5 Å². The molecule has 176 valence electrons. The zero-order chi connectivity index (χ0) is 23.9. The van der Waals surface area contributed by atoms with Crippen LogP contribution in [0.2, 0.25) is 0 Å². The summed E-state index contributed by atoms with van der Waals surface area (Å²) in [4.78, 5) is 3.61. The summed E-state index contributed by atoms with van der Waals surface area (Å²) in [7, 11) is -4.23. The van der Waals surface area contributed by atoms with Crippen LogP contribution in [0.4, 0.5) is 26.3 Å². The maximum atomic E-state index is 13.3. The number of halogens is 6. The molecule has 4 nitrogen and oxygen atoms in total. The lowest BCUT2D eigenvalue weighted by Gasteiger charge is -2.38. The standard InChI is InChI=1S/C20H19F6NO3S2/c1-18(32(28,29)14-5-3-4-12(8-14)19(21,22)23)6-7-30-15(10-18)17-16(31-2)9-13(11-27-17)20(24,25)26/h3-5,8-9,11,15H,6-7,10H2,1-2H3. The molecule has 1 saturated heterocycles. The predicted molar refractivity (Wildman–Crippen MR) is 106 cm³/mol. The molecule has 3 rings (SSSR count). The van der Waals surface area contributed by atoms with Crippen LogP contribution in [-0.4, -0.2) is 31.0 Å². The van der Waals surface area contributed by atoms with Crippen molar-refractivity contribution in [1.82, 2.24) is 4.98 Å². The molecule has 32 heavy (non-hydrogen) atoms. The average Bonchev–Trinajstić information content (AvgIpc) is 2.72. The fourth-order valence-electron chi connectivity index (χ4n) is 3.53. The number of hydrogen-bond donors (Lipinski definition) is 0. The summed E-state index contributed by atoms with van der Waals surface area (Å²) in [5.41, 5.74) is -1.86. The van der Waals surface area contributed by atoms with Gasteiger partial charge in [-0.05, 0) is 50.3 Å². The van der Waals surface area contributed by atoms with E-state index in [-0.39, 0.29) is 30.0 Å². The van der Waals surface area contributed by atoms with Crippen molar-refractivity contribution in [3.63, 3.8) is 0 Å². The Morgan fingerprint density at radius 3 is 2.34 bits per heavy atom. The summed E-state index contributed by atoms with van der Waals surface area (Å²) in [6.07, 6.45) is -8.17. The van der Waals surface area contributed by atoms with Gasteiger partial charge in [0, 0.05) is 17.7 Å². The molecule has 0 aliphatic carbocycles. The molecule has 0 amide bonds. The van der Waals surface area contributed by atoms with Crippen LogP contribution in [0.15, 0.2) is 46.3 Å². The minimum Gasteiger partial charge on any atom is -0.372 e. The molecule has 1 aromatic heterocycles. The number of aromatic nitrogens is 1. The Kier molecular flexibility index (Phi) is 6.62. The minimum atomic E-state index is -4.71. The Hall–Kier alpha value is -1.79. The highest BCUT2D eigenvalue weighted by Gasteiger charge is 2.46. The normalized spacial score (nSPS) is 22.7. The smallest absolute Gasteiger partial charge is 0.372 e. The molecule has 0 saturated carbocycles. The maximum absolute atomic E-state index is 13.3. The van der Waals surface area contributed by atoms with E-state index in [9.17, 15) is 34.8 Å². The molecular weight excluding hydrogens is 480 g/mol. The average molecular weight is 499 g/mol. The topological polar surface area (TPSA) is 56.3 Å². The van der Waals surface area contributed by atoms with E-state index in [2.05, 4.69) is 4.98 Å². The first kappa shape index (κ1) is 24.8. The van der Waals surface area contributed by atoms with Crippen LogP contribution < -0.4 is 0 Å². The van der Waals surface area contributed by atoms with Crippen LogP contribution in [0.1, 0.15) is 42.7 Å². The molecule has 0 N–H and O–H groups in total. The van der Waals surface area contributed by atoms with Crippen LogP contribution in [0.5, 0.6) is 0 Å². The lowest BCUT2D eigenvalue weighted by atomic mass is 9.94. The van der Waals surface area contributed by atoms with E-state index in [0.29, 0.717) is 12.3 Å². The molecule has 1 fully saturated rings. The molecule has 2 heterocycles. The summed E-state index contributed by atoms with van der Waals surface area (Å²) < 4.78 is 109. The summed E-state index contributed by atoms with van der Waals surface area (Å²) in [5, 5.41) is 0. The van der Waals surface area contributed by atoms with E-state index >= 15 is 0 Å². The Balaban J connectivity index is 1.97. The zero-order valence-electron chi connectivity index (χ0n) is 16.9. The van der Waals surface area contributed by atoms with Crippen molar-refractivity contribution in [2.45, 2.75) is 52.8 Å². The van der Waals surface area contributed by atoms with Gasteiger partial charge in [0.15, 0.2) is 9.84 Å². The van der Waals surface area contributed by atoms with E-state index in [0.717, 1.165) is 36.0 Å². The van der Waals surface area contributed by atoms with E-state index in [1.165, 1.54) is 6.92 Å². The van der Waals surface area contributed by atoms with Gasteiger partial charge in [-0.2, -0.15) is 26.3 Å². The maximum Gasteiger partial charge on any atom is 0.417 e. The number of rotatable bonds is 4. The highest BCUT2D eigenvalue weighted by Crippen LogP contribution is 2.44. The first-order chi connectivity index (χ1) is 14.7. The summed E-state index contributed by atoms with van der Waals surface area (Å²) >= 11 is 1.01. The fraction of sp³-hybridized carbons (Fsp3) is 0.450. The molecule has 1 aromatic carbocycles. The first-order valence-electron chi connectivity index (χ1n) is 9.34. The highest BCUT2D eigenvalue weighted by molar-refractivity contribution is 7.98. The van der Waals surface area contributed by atoms with Gasteiger partial charge < -0.3 is 4.74 Å². The second-order valence-electron chi connectivity index (χ2n) is 7.60. The van der Waals surface area contributed by atoms with Crippen LogP contribution in [0.25, 0.3) is 0 Å². The Morgan fingerprint density at radius 2 is 1.75 bits per heavy atom. The van der Waals surface area contributed by atoms with Crippen molar-refractivity contribution in [3.05, 3.63) is 53.3 Å². The Bertz CT molecular complexity index is 1100. The molecule has 12 heteroatoms. The van der Waals surface area contributed by atoms with Gasteiger partial charge in [0.2, 0.25) is 0 Å². The van der Waals surface area contributed by atoms with Gasteiger partial charge in [0.1, 0.15) is 6.10 Å². The van der Waals surface area contributed by atoms with Gasteiger partial charge in [-0.25, -0.2) is 8.42 Å². The molecule has 1 aliphatic rings. The van der Waals surface area contributed by atoms with Gasteiger partial charge in [-0.15, -0.1) is 11.8 Å². The highest BCUT2D eigenvalue weighted by atomic mass is 32.2. The summed E-state index contributed by atoms with van der Waals surface area (Å²) in [6.45, 7) is 1.36. The SMILES string of the molecule is CSc1cc(C(F)(F)F)cnc1C1CC(C)(S(=O)(=O)c2cccc(C(F)(F)F)c2)CCO1. The van der Waals surface area contributed by atoms with Gasteiger partial charge in [-0.1, -0.05) is 6.07 Å². The molecule has 0 bridgehead atoms. The van der Waals surface area contributed by atoms with Crippen LogP contribution in [0, 0.1) is 0 Å². The first-order valence-corrected chi connectivity index (χ1v) is 12.0. The Morgan fingerprint density at radius 1 is 1.09 bits per heavy atom. The fourth-order valence-corrected chi connectivity index (χ4v) is 6.00. The Labute approximate surface area is 185 Å².